The molecule has 12 heavy (non-hydrogen) atoms. The van der Waals surface area contributed by atoms with E-state index in [-0.39, 0.29) is 0 Å². The minimum atomic E-state index is 0.614. The molecule has 0 saturated carbocycles. The highest BCUT2D eigenvalue weighted by Crippen LogP contribution is 1.92. The molecule has 2 nitrogen and oxygen atoms in total. The average molecular weight is 166 g/mol. The van der Waals surface area contributed by atoms with Crippen molar-refractivity contribution in [3.63, 3.8) is 0 Å². The van der Waals surface area contributed by atoms with Gasteiger partial charge in [0.1, 0.15) is 0 Å². The molecule has 0 bridgehead atoms. The number of hydrogen-bond acceptors (Lipinski definition) is 2. The van der Waals surface area contributed by atoms with Crippen molar-refractivity contribution in [1.82, 2.24) is 5.32 Å². The van der Waals surface area contributed by atoms with Gasteiger partial charge in [-0.1, -0.05) is 26.5 Å². The minimum absolute atomic E-state index is 0.614. The van der Waals surface area contributed by atoms with Crippen LogP contribution in [0.4, 0.5) is 0 Å². The van der Waals surface area contributed by atoms with Crippen LogP contribution < -0.4 is 5.32 Å². The van der Waals surface area contributed by atoms with Crippen molar-refractivity contribution in [3.05, 3.63) is 24.4 Å². The summed E-state index contributed by atoms with van der Waals surface area (Å²) in [6.07, 6.45) is 5.47. The molecule has 0 saturated heterocycles. The van der Waals surface area contributed by atoms with Crippen molar-refractivity contribution in [2.24, 2.45) is 10.9 Å². The highest BCUT2D eigenvalue weighted by molar-refractivity contribution is 5.78. The predicted octanol–water partition coefficient (Wildman–Crippen LogP) is 2.00. The second-order valence-electron chi connectivity index (χ2n) is 3.00. The van der Waals surface area contributed by atoms with Crippen LogP contribution in [-0.4, -0.2) is 19.8 Å². The van der Waals surface area contributed by atoms with Gasteiger partial charge in [0.25, 0.3) is 0 Å². The Balaban J connectivity index is 3.93. The van der Waals surface area contributed by atoms with E-state index in [9.17, 15) is 0 Å². The van der Waals surface area contributed by atoms with Crippen molar-refractivity contribution in [2.75, 3.05) is 13.6 Å². The molecule has 0 aromatic rings. The molecule has 0 fully saturated rings. The quantitative estimate of drug-likeness (QED) is 0.490. The zero-order valence-corrected chi connectivity index (χ0v) is 8.17. The molecule has 0 amide bonds. The Hall–Kier alpha value is -1.05. The van der Waals surface area contributed by atoms with E-state index in [2.05, 4.69) is 30.7 Å². The number of nitrogens with zero attached hydrogens (tertiary/aromatic N) is 1. The molecule has 0 atom stereocenters. The molecule has 2 heteroatoms. The molecule has 0 aliphatic carbocycles. The summed E-state index contributed by atoms with van der Waals surface area (Å²) in [5, 5.41) is 3.02. The second-order valence-corrected chi connectivity index (χ2v) is 3.00. The van der Waals surface area contributed by atoms with Gasteiger partial charge >= 0.3 is 0 Å². The van der Waals surface area contributed by atoms with Crippen LogP contribution in [0.5, 0.6) is 0 Å². The van der Waals surface area contributed by atoms with E-state index in [1.54, 1.807) is 6.08 Å². The van der Waals surface area contributed by atoms with Gasteiger partial charge < -0.3 is 5.32 Å². The Kier molecular flexibility index (Phi) is 6.07. The molecule has 0 aliphatic heterocycles. The first-order valence-corrected chi connectivity index (χ1v) is 4.21. The van der Waals surface area contributed by atoms with Gasteiger partial charge in [-0.3, -0.25) is 4.99 Å². The zero-order valence-electron chi connectivity index (χ0n) is 8.17. The molecule has 0 aliphatic rings. The number of aliphatic imine (C=N–C) groups is 1. The topological polar surface area (TPSA) is 24.4 Å². The summed E-state index contributed by atoms with van der Waals surface area (Å²) in [6, 6.07) is 0. The standard InChI is InChI=1S/C10H18N2/c1-5-6-10(11-4)8-12-7-9(2)3/h5-6,8-9,11H,1,7H2,2-4H3/b10-6+,12-8-. The molecule has 0 rings (SSSR count). The third kappa shape index (κ3) is 5.71. The van der Waals surface area contributed by atoms with Crippen LogP contribution in [0.25, 0.3) is 0 Å². The van der Waals surface area contributed by atoms with E-state index in [4.69, 9.17) is 0 Å². The summed E-state index contributed by atoms with van der Waals surface area (Å²) in [6.45, 7) is 8.78. The van der Waals surface area contributed by atoms with Crippen LogP contribution in [0.2, 0.25) is 0 Å². The zero-order chi connectivity index (χ0) is 9.40. The Morgan fingerprint density at radius 1 is 1.58 bits per heavy atom. The molecule has 0 spiro atoms. The lowest BCUT2D eigenvalue weighted by Gasteiger charge is -1.99. The molecule has 0 radical (unpaired) electrons. The minimum Gasteiger partial charge on any atom is -0.387 e. The second kappa shape index (κ2) is 6.65. The lowest BCUT2D eigenvalue weighted by Crippen LogP contribution is -2.07. The van der Waals surface area contributed by atoms with E-state index in [1.165, 1.54) is 0 Å². The lowest BCUT2D eigenvalue weighted by atomic mass is 10.2. The third-order valence-corrected chi connectivity index (χ3v) is 1.29. The van der Waals surface area contributed by atoms with Gasteiger partial charge in [0.15, 0.2) is 0 Å². The Bertz CT molecular complexity index is 178. The molecule has 1 N–H and O–H groups in total. The largest absolute Gasteiger partial charge is 0.387 e. The van der Waals surface area contributed by atoms with Gasteiger partial charge in [-0.2, -0.15) is 0 Å². The van der Waals surface area contributed by atoms with E-state index in [0.29, 0.717) is 5.92 Å². The van der Waals surface area contributed by atoms with Crippen molar-refractivity contribution in [2.45, 2.75) is 13.8 Å². The van der Waals surface area contributed by atoms with Gasteiger partial charge in [-0.25, -0.2) is 0 Å². The molecular formula is C10H18N2. The summed E-state index contributed by atoms with van der Waals surface area (Å²) in [5.74, 6) is 0.614. The Morgan fingerprint density at radius 2 is 2.25 bits per heavy atom. The van der Waals surface area contributed by atoms with Crippen LogP contribution in [0.1, 0.15) is 13.8 Å². The maximum Gasteiger partial charge on any atom is 0.0518 e. The summed E-state index contributed by atoms with van der Waals surface area (Å²) >= 11 is 0. The number of rotatable bonds is 5. The van der Waals surface area contributed by atoms with E-state index in [1.807, 2.05) is 19.3 Å². The lowest BCUT2D eigenvalue weighted by molar-refractivity contribution is 0.667. The first-order chi connectivity index (χ1) is 5.70. The van der Waals surface area contributed by atoms with Gasteiger partial charge in [0.2, 0.25) is 0 Å². The number of allylic oxidation sites excluding steroid dienone is 3. The van der Waals surface area contributed by atoms with E-state index in [0.717, 1.165) is 12.2 Å². The molecule has 0 heterocycles. The van der Waals surface area contributed by atoms with Crippen LogP contribution in [0, 0.1) is 5.92 Å². The van der Waals surface area contributed by atoms with Crippen molar-refractivity contribution in [3.8, 4) is 0 Å². The van der Waals surface area contributed by atoms with Gasteiger partial charge in [0.05, 0.1) is 5.70 Å². The van der Waals surface area contributed by atoms with E-state index < -0.39 is 0 Å². The fourth-order valence-corrected chi connectivity index (χ4v) is 0.680. The van der Waals surface area contributed by atoms with Crippen molar-refractivity contribution >= 4 is 6.21 Å². The van der Waals surface area contributed by atoms with Gasteiger partial charge in [0, 0.05) is 19.8 Å². The highest BCUT2D eigenvalue weighted by atomic mass is 14.9. The monoisotopic (exact) mass is 166 g/mol. The van der Waals surface area contributed by atoms with Crippen molar-refractivity contribution in [1.29, 1.82) is 0 Å². The molecule has 0 unspecified atom stereocenters. The fourth-order valence-electron chi connectivity index (χ4n) is 0.680. The first-order valence-electron chi connectivity index (χ1n) is 4.21. The summed E-state index contributed by atoms with van der Waals surface area (Å²) in [4.78, 5) is 4.26. The number of hydrogen-bond donors (Lipinski definition) is 1. The Labute approximate surface area is 75.1 Å². The summed E-state index contributed by atoms with van der Waals surface area (Å²) in [7, 11) is 1.87. The van der Waals surface area contributed by atoms with Crippen LogP contribution in [0.15, 0.2) is 29.4 Å². The third-order valence-electron chi connectivity index (χ3n) is 1.29. The smallest absolute Gasteiger partial charge is 0.0518 e. The summed E-state index contributed by atoms with van der Waals surface area (Å²) < 4.78 is 0. The maximum atomic E-state index is 4.26. The van der Waals surface area contributed by atoms with E-state index >= 15 is 0 Å². The van der Waals surface area contributed by atoms with Crippen LogP contribution >= 0.6 is 0 Å². The highest BCUT2D eigenvalue weighted by Gasteiger charge is 1.88. The SMILES string of the molecule is C=C/C=C(\C=N/CC(C)C)NC. The fraction of sp³-hybridized carbons (Fsp3) is 0.500. The first kappa shape index (κ1) is 11.0. The average Bonchev–Trinajstić information content (AvgIpc) is 2.02. The Morgan fingerprint density at radius 3 is 2.67 bits per heavy atom. The molecule has 68 valence electrons. The van der Waals surface area contributed by atoms with Crippen LogP contribution in [0.3, 0.4) is 0 Å². The molecule has 0 aromatic carbocycles. The van der Waals surface area contributed by atoms with Gasteiger partial charge in [-0.15, -0.1) is 0 Å². The molecular weight excluding hydrogens is 148 g/mol. The molecule has 0 aromatic heterocycles. The van der Waals surface area contributed by atoms with Crippen molar-refractivity contribution < 1.29 is 0 Å². The number of nitrogens with one attached hydrogen (secondary N) is 1. The van der Waals surface area contributed by atoms with Crippen LogP contribution in [-0.2, 0) is 0 Å². The maximum absolute atomic E-state index is 4.26. The van der Waals surface area contributed by atoms with Gasteiger partial charge in [-0.05, 0) is 12.0 Å². The predicted molar refractivity (Wildman–Crippen MR) is 55.5 cm³/mol. The normalized spacial score (nSPS) is 12.5. The summed E-state index contributed by atoms with van der Waals surface area (Å²) in [5.41, 5.74) is 0.991.